The number of rotatable bonds is 4. The molecular weight excluding hydrogens is 322 g/mol. The fourth-order valence-electron chi connectivity index (χ4n) is 3.75. The summed E-state index contributed by atoms with van der Waals surface area (Å²) in [5.41, 5.74) is 6.74. The fourth-order valence-corrected chi connectivity index (χ4v) is 4.70. The third-order valence-corrected chi connectivity index (χ3v) is 6.49. The van der Waals surface area contributed by atoms with Crippen LogP contribution in [0, 0.1) is 18.8 Å². The molecule has 0 atom stereocenters. The number of hydrogen-bond acceptors (Lipinski definition) is 4. The third-order valence-electron chi connectivity index (χ3n) is 5.48. The standard InChI is InChI=1S/C18H27N3O2S/c1-13-6-11-24-16(13)12-20-7-2-15(3-8-20)18(23)21-9-4-14(5-10-21)17(19)22/h6,11,14-15H,2-5,7-10,12H2,1H3,(H2,19,22). The largest absolute Gasteiger partial charge is 0.369 e. The number of thiophene rings is 1. The number of hydrogen-bond donors (Lipinski definition) is 1. The van der Waals surface area contributed by atoms with Crippen LogP contribution in [0.5, 0.6) is 0 Å². The van der Waals surface area contributed by atoms with Crippen LogP contribution in [0.3, 0.4) is 0 Å². The van der Waals surface area contributed by atoms with Gasteiger partial charge in [0, 0.05) is 36.3 Å². The van der Waals surface area contributed by atoms with E-state index in [2.05, 4.69) is 23.3 Å². The van der Waals surface area contributed by atoms with Crippen LogP contribution >= 0.6 is 11.3 Å². The summed E-state index contributed by atoms with van der Waals surface area (Å²) in [6.45, 7) is 6.52. The van der Waals surface area contributed by atoms with Crippen LogP contribution in [0.4, 0.5) is 0 Å². The van der Waals surface area contributed by atoms with E-state index < -0.39 is 0 Å². The summed E-state index contributed by atoms with van der Waals surface area (Å²) >= 11 is 1.82. The highest BCUT2D eigenvalue weighted by atomic mass is 32.1. The van der Waals surface area contributed by atoms with Gasteiger partial charge in [-0.3, -0.25) is 14.5 Å². The van der Waals surface area contributed by atoms with Crippen LogP contribution in [-0.4, -0.2) is 47.8 Å². The molecule has 2 aliphatic rings. The Bertz CT molecular complexity index is 585. The molecule has 6 heteroatoms. The minimum absolute atomic E-state index is 0.0510. The Morgan fingerprint density at radius 3 is 2.29 bits per heavy atom. The van der Waals surface area contributed by atoms with Gasteiger partial charge >= 0.3 is 0 Å². The molecule has 1 aromatic heterocycles. The lowest BCUT2D eigenvalue weighted by atomic mass is 9.92. The first-order valence-electron chi connectivity index (χ1n) is 8.88. The Kier molecular flexibility index (Phi) is 5.56. The summed E-state index contributed by atoms with van der Waals surface area (Å²) in [7, 11) is 0. The van der Waals surface area contributed by atoms with E-state index in [9.17, 15) is 9.59 Å². The van der Waals surface area contributed by atoms with Crippen LogP contribution in [-0.2, 0) is 16.1 Å². The van der Waals surface area contributed by atoms with Crippen molar-refractivity contribution in [2.45, 2.75) is 39.2 Å². The van der Waals surface area contributed by atoms with Gasteiger partial charge in [0.1, 0.15) is 0 Å². The molecule has 0 bridgehead atoms. The fraction of sp³-hybridized carbons (Fsp3) is 0.667. The second-order valence-electron chi connectivity index (χ2n) is 7.08. The van der Waals surface area contributed by atoms with Crippen molar-refractivity contribution in [1.29, 1.82) is 0 Å². The molecule has 0 radical (unpaired) electrons. The number of nitrogens with two attached hydrogens (primary N) is 1. The van der Waals surface area contributed by atoms with E-state index in [1.165, 1.54) is 10.4 Å². The van der Waals surface area contributed by atoms with Crippen molar-refractivity contribution in [1.82, 2.24) is 9.80 Å². The van der Waals surface area contributed by atoms with Crippen LogP contribution < -0.4 is 5.73 Å². The molecule has 0 spiro atoms. The quantitative estimate of drug-likeness (QED) is 0.904. The van der Waals surface area contributed by atoms with Crippen molar-refractivity contribution in [2.75, 3.05) is 26.2 Å². The Morgan fingerprint density at radius 1 is 1.12 bits per heavy atom. The normalized spacial score (nSPS) is 21.1. The molecule has 3 heterocycles. The predicted octanol–water partition coefficient (Wildman–Crippen LogP) is 1.99. The highest BCUT2D eigenvalue weighted by molar-refractivity contribution is 7.10. The van der Waals surface area contributed by atoms with Crippen molar-refractivity contribution in [3.05, 3.63) is 21.9 Å². The zero-order valence-corrected chi connectivity index (χ0v) is 15.2. The smallest absolute Gasteiger partial charge is 0.225 e. The van der Waals surface area contributed by atoms with Crippen LogP contribution in [0.1, 0.15) is 36.1 Å². The van der Waals surface area contributed by atoms with Gasteiger partial charge in [0.15, 0.2) is 0 Å². The number of carbonyl (C=O) groups excluding carboxylic acids is 2. The van der Waals surface area contributed by atoms with Crippen LogP contribution in [0.2, 0.25) is 0 Å². The first-order valence-corrected chi connectivity index (χ1v) is 9.76. The third kappa shape index (κ3) is 3.98. The molecule has 5 nitrogen and oxygen atoms in total. The number of primary amides is 1. The van der Waals surface area contributed by atoms with E-state index in [1.54, 1.807) is 0 Å². The van der Waals surface area contributed by atoms with Gasteiger partial charge in [-0.25, -0.2) is 0 Å². The summed E-state index contributed by atoms with van der Waals surface area (Å²) in [4.78, 5) is 29.8. The first kappa shape index (κ1) is 17.4. The molecule has 0 aromatic carbocycles. The summed E-state index contributed by atoms with van der Waals surface area (Å²) < 4.78 is 0. The molecule has 3 rings (SSSR count). The summed E-state index contributed by atoms with van der Waals surface area (Å²) in [6.07, 6.45) is 3.33. The molecule has 1 aromatic rings. The molecular formula is C18H27N3O2S. The molecule has 0 saturated carbocycles. The Hall–Kier alpha value is -1.40. The molecule has 2 N–H and O–H groups in total. The van der Waals surface area contributed by atoms with E-state index in [-0.39, 0.29) is 23.7 Å². The van der Waals surface area contributed by atoms with Crippen molar-refractivity contribution < 1.29 is 9.59 Å². The Balaban J connectivity index is 1.45. The number of nitrogens with zero attached hydrogens (tertiary/aromatic N) is 2. The van der Waals surface area contributed by atoms with Crippen molar-refractivity contribution in [2.24, 2.45) is 17.6 Å². The zero-order chi connectivity index (χ0) is 17.1. The first-order chi connectivity index (χ1) is 11.5. The second-order valence-corrected chi connectivity index (χ2v) is 8.08. The molecule has 0 unspecified atom stereocenters. The van der Waals surface area contributed by atoms with Crippen molar-refractivity contribution in [3.63, 3.8) is 0 Å². The van der Waals surface area contributed by atoms with Gasteiger partial charge in [-0.1, -0.05) is 0 Å². The molecule has 2 fully saturated rings. The number of amides is 2. The number of likely N-dealkylation sites (tertiary alicyclic amines) is 2. The predicted molar refractivity (Wildman–Crippen MR) is 95.6 cm³/mol. The zero-order valence-electron chi connectivity index (χ0n) is 14.4. The lowest BCUT2D eigenvalue weighted by Crippen LogP contribution is -2.46. The van der Waals surface area contributed by atoms with Gasteiger partial charge in [0.25, 0.3) is 0 Å². The van der Waals surface area contributed by atoms with Gasteiger partial charge in [-0.05, 0) is 62.7 Å². The number of piperidine rings is 2. The number of carbonyl (C=O) groups is 2. The van der Waals surface area contributed by atoms with Crippen molar-refractivity contribution in [3.8, 4) is 0 Å². The maximum absolute atomic E-state index is 12.7. The van der Waals surface area contributed by atoms with Gasteiger partial charge in [-0.15, -0.1) is 11.3 Å². The lowest BCUT2D eigenvalue weighted by molar-refractivity contribution is -0.140. The lowest BCUT2D eigenvalue weighted by Gasteiger charge is -2.36. The molecule has 24 heavy (non-hydrogen) atoms. The molecule has 132 valence electrons. The van der Waals surface area contributed by atoms with Gasteiger partial charge in [0.2, 0.25) is 11.8 Å². The minimum atomic E-state index is -0.223. The summed E-state index contributed by atoms with van der Waals surface area (Å²) in [6, 6.07) is 2.17. The van der Waals surface area contributed by atoms with Gasteiger partial charge in [-0.2, -0.15) is 0 Å². The van der Waals surface area contributed by atoms with E-state index in [1.807, 2.05) is 16.2 Å². The maximum atomic E-state index is 12.7. The maximum Gasteiger partial charge on any atom is 0.225 e. The minimum Gasteiger partial charge on any atom is -0.369 e. The monoisotopic (exact) mass is 349 g/mol. The molecule has 0 aliphatic carbocycles. The SMILES string of the molecule is Cc1ccsc1CN1CCC(C(=O)N2CCC(C(N)=O)CC2)CC1. The highest BCUT2D eigenvalue weighted by Gasteiger charge is 2.32. The Labute approximate surface area is 147 Å². The summed E-state index contributed by atoms with van der Waals surface area (Å²) in [5.74, 6) is 0.157. The molecule has 2 saturated heterocycles. The second kappa shape index (κ2) is 7.66. The Morgan fingerprint density at radius 2 is 1.75 bits per heavy atom. The average molecular weight is 350 g/mol. The van der Waals surface area contributed by atoms with E-state index in [0.717, 1.165) is 45.3 Å². The van der Waals surface area contributed by atoms with Gasteiger partial charge < -0.3 is 10.6 Å². The van der Waals surface area contributed by atoms with Gasteiger partial charge in [0.05, 0.1) is 0 Å². The summed E-state index contributed by atoms with van der Waals surface area (Å²) in [5, 5.41) is 2.15. The molecule has 2 amide bonds. The average Bonchev–Trinajstić information content (AvgIpc) is 3.00. The van der Waals surface area contributed by atoms with E-state index in [4.69, 9.17) is 5.73 Å². The topological polar surface area (TPSA) is 66.6 Å². The van der Waals surface area contributed by atoms with Crippen LogP contribution in [0.25, 0.3) is 0 Å². The highest BCUT2D eigenvalue weighted by Crippen LogP contribution is 2.26. The van der Waals surface area contributed by atoms with E-state index >= 15 is 0 Å². The van der Waals surface area contributed by atoms with Crippen molar-refractivity contribution >= 4 is 23.2 Å². The molecule has 2 aliphatic heterocycles. The van der Waals surface area contributed by atoms with Crippen LogP contribution in [0.15, 0.2) is 11.4 Å². The number of aryl methyl sites for hydroxylation is 1. The van der Waals surface area contributed by atoms with E-state index in [0.29, 0.717) is 13.1 Å².